The van der Waals surface area contributed by atoms with E-state index in [1.54, 1.807) is 24.4 Å². The minimum Gasteiger partial charge on any atom is -0.484 e. The Balaban J connectivity index is 1.71. The Morgan fingerprint density at radius 3 is 2.62 bits per heavy atom. The third kappa shape index (κ3) is 4.79. The number of amides is 1. The van der Waals surface area contributed by atoms with Crippen LogP contribution in [0.25, 0.3) is 11.3 Å². The van der Waals surface area contributed by atoms with Crippen LogP contribution in [0, 0.1) is 10.1 Å². The molecule has 0 aliphatic rings. The molecule has 3 rings (SSSR count). The molecule has 1 N–H and O–H groups in total. The molecule has 0 atom stereocenters. The molecule has 0 fully saturated rings. The van der Waals surface area contributed by atoms with Gasteiger partial charge in [-0.15, -0.1) is 11.3 Å². The minimum atomic E-state index is -0.577. The number of carbonyl (C=O) groups excluding carboxylic acids is 2. The zero-order chi connectivity index (χ0) is 20.8. The van der Waals surface area contributed by atoms with E-state index in [4.69, 9.17) is 13.9 Å². The summed E-state index contributed by atoms with van der Waals surface area (Å²) in [6, 6.07) is 8.75. The number of nitrogens with one attached hydrogen (secondary N) is 1. The number of rotatable bonds is 8. The van der Waals surface area contributed by atoms with Gasteiger partial charge in [0.2, 0.25) is 0 Å². The van der Waals surface area contributed by atoms with Crippen molar-refractivity contribution in [3.8, 4) is 17.1 Å². The molecule has 3 aromatic rings. The van der Waals surface area contributed by atoms with Gasteiger partial charge in [-0.05, 0) is 31.2 Å². The van der Waals surface area contributed by atoms with Crippen LogP contribution in [0.4, 0.5) is 10.7 Å². The van der Waals surface area contributed by atoms with E-state index in [1.807, 2.05) is 0 Å². The molecule has 10 heteroatoms. The molecular weight excluding hydrogens is 400 g/mol. The molecule has 0 radical (unpaired) electrons. The third-order valence-electron chi connectivity index (χ3n) is 3.73. The summed E-state index contributed by atoms with van der Waals surface area (Å²) >= 11 is 1.16. The second kappa shape index (κ2) is 9.02. The predicted octanol–water partition coefficient (Wildman–Crippen LogP) is 4.11. The first-order chi connectivity index (χ1) is 14.0. The summed E-state index contributed by atoms with van der Waals surface area (Å²) in [7, 11) is 0. The van der Waals surface area contributed by atoms with E-state index in [0.717, 1.165) is 11.3 Å². The predicted molar refractivity (Wildman–Crippen MR) is 105 cm³/mol. The van der Waals surface area contributed by atoms with E-state index >= 15 is 0 Å². The molecule has 0 aliphatic carbocycles. The Hall–Kier alpha value is -3.66. The lowest BCUT2D eigenvalue weighted by Gasteiger charge is -2.09. The minimum absolute atomic E-state index is 0.0788. The first kappa shape index (κ1) is 20.1. The van der Waals surface area contributed by atoms with Crippen molar-refractivity contribution in [1.29, 1.82) is 0 Å². The number of nitro benzene ring substituents is 1. The average molecular weight is 416 g/mol. The van der Waals surface area contributed by atoms with Crippen LogP contribution in [-0.2, 0) is 9.53 Å². The summed E-state index contributed by atoms with van der Waals surface area (Å²) < 4.78 is 15.8. The first-order valence-corrected chi connectivity index (χ1v) is 9.37. The number of benzene rings is 1. The van der Waals surface area contributed by atoms with Gasteiger partial charge in [0, 0.05) is 23.1 Å². The van der Waals surface area contributed by atoms with Crippen LogP contribution in [0.3, 0.4) is 0 Å². The van der Waals surface area contributed by atoms with Crippen molar-refractivity contribution < 1.29 is 28.4 Å². The molecule has 1 aromatic carbocycles. The Morgan fingerprint density at radius 1 is 1.24 bits per heavy atom. The molecule has 2 aromatic heterocycles. The molecule has 2 heterocycles. The van der Waals surface area contributed by atoms with E-state index in [2.05, 4.69) is 5.32 Å². The van der Waals surface area contributed by atoms with Gasteiger partial charge in [0.05, 0.1) is 17.8 Å². The quantitative estimate of drug-likeness (QED) is 0.333. The van der Waals surface area contributed by atoms with Gasteiger partial charge in [0.15, 0.2) is 6.61 Å². The van der Waals surface area contributed by atoms with Gasteiger partial charge in [-0.1, -0.05) is 0 Å². The lowest BCUT2D eigenvalue weighted by Crippen LogP contribution is -2.21. The number of thiophene rings is 1. The summed E-state index contributed by atoms with van der Waals surface area (Å²) in [6.45, 7) is 1.53. The molecule has 0 saturated carbocycles. The summed E-state index contributed by atoms with van der Waals surface area (Å²) in [4.78, 5) is 34.8. The van der Waals surface area contributed by atoms with Crippen molar-refractivity contribution in [2.75, 3.05) is 18.5 Å². The molecule has 0 unspecified atom stereocenters. The maximum Gasteiger partial charge on any atom is 0.341 e. The molecule has 1 amide bonds. The maximum absolute atomic E-state index is 12.4. The lowest BCUT2D eigenvalue weighted by molar-refractivity contribution is -0.384. The monoisotopic (exact) mass is 416 g/mol. The van der Waals surface area contributed by atoms with E-state index in [9.17, 15) is 19.7 Å². The number of non-ortho nitro benzene ring substituents is 1. The second-order valence-corrected chi connectivity index (χ2v) is 6.52. The highest BCUT2D eigenvalue weighted by Gasteiger charge is 2.24. The number of hydrogen-bond acceptors (Lipinski definition) is 8. The number of carbonyl (C=O) groups is 2. The van der Waals surface area contributed by atoms with Gasteiger partial charge in [0.1, 0.15) is 22.1 Å². The molecule has 29 heavy (non-hydrogen) atoms. The Kier molecular flexibility index (Phi) is 6.25. The van der Waals surface area contributed by atoms with E-state index in [-0.39, 0.29) is 24.5 Å². The Labute approximate surface area is 169 Å². The number of anilines is 1. The third-order valence-corrected chi connectivity index (χ3v) is 4.62. The number of ether oxygens (including phenoxy) is 2. The summed E-state index contributed by atoms with van der Waals surface area (Å²) in [5, 5.41) is 15.3. The highest BCUT2D eigenvalue weighted by molar-refractivity contribution is 7.15. The highest BCUT2D eigenvalue weighted by Crippen LogP contribution is 2.36. The number of furan rings is 1. The number of nitrogens with zero attached hydrogens (tertiary/aromatic N) is 1. The summed E-state index contributed by atoms with van der Waals surface area (Å²) in [6.07, 6.45) is 1.48. The standard InChI is InChI=1S/C19H16N2O7S/c1-2-26-19(23)17-14(15-4-3-9-27-15)11-29-18(17)20-16(22)10-28-13-7-5-12(6-8-13)21(24)25/h3-9,11H,2,10H2,1H3,(H,20,22). The molecule has 0 bridgehead atoms. The van der Waals surface area contributed by atoms with Crippen LogP contribution in [0.1, 0.15) is 17.3 Å². The Morgan fingerprint density at radius 2 is 2.00 bits per heavy atom. The van der Waals surface area contributed by atoms with Crippen LogP contribution in [0.15, 0.2) is 52.5 Å². The van der Waals surface area contributed by atoms with Crippen molar-refractivity contribution >= 4 is 33.9 Å². The topological polar surface area (TPSA) is 121 Å². The molecular formula is C19H16N2O7S. The summed E-state index contributed by atoms with van der Waals surface area (Å²) in [5.41, 5.74) is 0.644. The number of hydrogen-bond donors (Lipinski definition) is 1. The second-order valence-electron chi connectivity index (χ2n) is 5.64. The molecule has 9 nitrogen and oxygen atoms in total. The summed E-state index contributed by atoms with van der Waals surface area (Å²) in [5.74, 6) is -0.292. The molecule has 0 saturated heterocycles. The van der Waals surface area contributed by atoms with Crippen LogP contribution in [0.2, 0.25) is 0 Å². The van der Waals surface area contributed by atoms with Gasteiger partial charge >= 0.3 is 5.97 Å². The highest BCUT2D eigenvalue weighted by atomic mass is 32.1. The maximum atomic E-state index is 12.4. The molecule has 0 spiro atoms. The van der Waals surface area contributed by atoms with Gasteiger partial charge in [-0.3, -0.25) is 14.9 Å². The van der Waals surface area contributed by atoms with Crippen LogP contribution >= 0.6 is 11.3 Å². The van der Waals surface area contributed by atoms with Crippen LogP contribution in [-0.4, -0.2) is 30.0 Å². The number of nitro groups is 1. The van der Waals surface area contributed by atoms with E-state index in [1.165, 1.54) is 30.5 Å². The van der Waals surface area contributed by atoms with Crippen LogP contribution < -0.4 is 10.1 Å². The van der Waals surface area contributed by atoms with Crippen molar-refractivity contribution in [3.05, 3.63) is 63.7 Å². The fraction of sp³-hybridized carbons (Fsp3) is 0.158. The Bertz CT molecular complexity index is 1010. The van der Waals surface area contributed by atoms with Crippen LogP contribution in [0.5, 0.6) is 5.75 Å². The van der Waals surface area contributed by atoms with Gasteiger partial charge in [0.25, 0.3) is 11.6 Å². The van der Waals surface area contributed by atoms with Gasteiger partial charge in [-0.2, -0.15) is 0 Å². The van der Waals surface area contributed by atoms with Crippen molar-refractivity contribution in [3.63, 3.8) is 0 Å². The zero-order valence-corrected chi connectivity index (χ0v) is 16.1. The van der Waals surface area contributed by atoms with E-state index < -0.39 is 16.8 Å². The zero-order valence-electron chi connectivity index (χ0n) is 15.2. The first-order valence-electron chi connectivity index (χ1n) is 8.49. The largest absolute Gasteiger partial charge is 0.484 e. The van der Waals surface area contributed by atoms with Gasteiger partial charge in [-0.25, -0.2) is 4.79 Å². The van der Waals surface area contributed by atoms with Crippen molar-refractivity contribution in [2.45, 2.75) is 6.92 Å². The SMILES string of the molecule is CCOC(=O)c1c(-c2ccco2)csc1NC(=O)COc1ccc([N+](=O)[O-])cc1. The smallest absolute Gasteiger partial charge is 0.341 e. The van der Waals surface area contributed by atoms with Crippen molar-refractivity contribution in [1.82, 2.24) is 0 Å². The van der Waals surface area contributed by atoms with Crippen molar-refractivity contribution in [2.24, 2.45) is 0 Å². The fourth-order valence-corrected chi connectivity index (χ4v) is 3.40. The van der Waals surface area contributed by atoms with E-state index in [0.29, 0.717) is 22.1 Å². The number of esters is 1. The molecule has 150 valence electrons. The normalized spacial score (nSPS) is 10.4. The average Bonchev–Trinajstić information content (AvgIpc) is 3.36. The van der Waals surface area contributed by atoms with Gasteiger partial charge < -0.3 is 19.2 Å². The fourth-order valence-electron chi connectivity index (χ4n) is 2.44. The lowest BCUT2D eigenvalue weighted by atomic mass is 10.1. The molecule has 0 aliphatic heterocycles.